The number of ether oxygens (including phenoxy) is 6. The van der Waals surface area contributed by atoms with E-state index in [0.29, 0.717) is 12.8 Å². The fourth-order valence-corrected chi connectivity index (χ4v) is 2.99. The van der Waals surface area contributed by atoms with Crippen molar-refractivity contribution in [3.8, 4) is 0 Å². The van der Waals surface area contributed by atoms with E-state index >= 15 is 0 Å². The standard InChI is InChI=1S/C12H24O6/c1-13-10(14-2)8-7-9-11(15-3,16-4)12(10,17-5)18-6/h7-9H2,1-6H3. The number of rotatable bonds is 6. The van der Waals surface area contributed by atoms with Gasteiger partial charge in [0.2, 0.25) is 11.6 Å². The minimum Gasteiger partial charge on any atom is -0.349 e. The Labute approximate surface area is 108 Å². The van der Waals surface area contributed by atoms with Crippen LogP contribution < -0.4 is 0 Å². The van der Waals surface area contributed by atoms with E-state index in [0.717, 1.165) is 6.42 Å². The summed E-state index contributed by atoms with van der Waals surface area (Å²) in [6.45, 7) is 0. The van der Waals surface area contributed by atoms with Crippen LogP contribution >= 0.6 is 0 Å². The molecule has 1 rings (SSSR count). The monoisotopic (exact) mass is 264 g/mol. The number of hydrogen-bond acceptors (Lipinski definition) is 6. The first-order chi connectivity index (χ1) is 8.57. The van der Waals surface area contributed by atoms with Gasteiger partial charge in [0.15, 0.2) is 0 Å². The lowest BCUT2D eigenvalue weighted by atomic mass is 9.81. The van der Waals surface area contributed by atoms with Crippen LogP contribution in [0.2, 0.25) is 0 Å². The molecule has 0 N–H and O–H groups in total. The van der Waals surface area contributed by atoms with Gasteiger partial charge in [0.25, 0.3) is 5.79 Å². The first-order valence-corrected chi connectivity index (χ1v) is 5.88. The Morgan fingerprint density at radius 3 is 1.11 bits per heavy atom. The fourth-order valence-electron chi connectivity index (χ4n) is 2.99. The van der Waals surface area contributed by atoms with Crippen molar-refractivity contribution in [1.82, 2.24) is 0 Å². The molecule has 6 heteroatoms. The van der Waals surface area contributed by atoms with Crippen LogP contribution in [0.25, 0.3) is 0 Å². The molecule has 0 bridgehead atoms. The molecular weight excluding hydrogens is 240 g/mol. The molecule has 1 aliphatic carbocycles. The highest BCUT2D eigenvalue weighted by Gasteiger charge is 2.70. The van der Waals surface area contributed by atoms with E-state index in [2.05, 4.69) is 0 Å². The van der Waals surface area contributed by atoms with Gasteiger partial charge in [-0.2, -0.15) is 0 Å². The molecule has 0 atom stereocenters. The Kier molecular flexibility index (Phi) is 5.11. The Morgan fingerprint density at radius 1 is 0.556 bits per heavy atom. The zero-order valence-electron chi connectivity index (χ0n) is 12.1. The summed E-state index contributed by atoms with van der Waals surface area (Å²) in [6.07, 6.45) is 2.05. The molecule has 0 radical (unpaired) electrons. The summed E-state index contributed by atoms with van der Waals surface area (Å²) < 4.78 is 33.4. The van der Waals surface area contributed by atoms with Crippen molar-refractivity contribution in [2.24, 2.45) is 0 Å². The van der Waals surface area contributed by atoms with Crippen molar-refractivity contribution in [3.63, 3.8) is 0 Å². The van der Waals surface area contributed by atoms with Gasteiger partial charge in [-0.05, 0) is 6.42 Å². The van der Waals surface area contributed by atoms with Crippen LogP contribution in [0.4, 0.5) is 0 Å². The van der Waals surface area contributed by atoms with Gasteiger partial charge in [0, 0.05) is 55.5 Å². The first-order valence-electron chi connectivity index (χ1n) is 5.88. The Morgan fingerprint density at radius 2 is 0.889 bits per heavy atom. The molecule has 1 fully saturated rings. The summed E-state index contributed by atoms with van der Waals surface area (Å²) in [4.78, 5) is 0. The second-order valence-electron chi connectivity index (χ2n) is 4.20. The highest BCUT2D eigenvalue weighted by Crippen LogP contribution is 2.50. The summed E-state index contributed by atoms with van der Waals surface area (Å²) >= 11 is 0. The highest BCUT2D eigenvalue weighted by atomic mass is 16.8. The highest BCUT2D eigenvalue weighted by molar-refractivity contribution is 5.04. The van der Waals surface area contributed by atoms with E-state index < -0.39 is 17.4 Å². The summed E-state index contributed by atoms with van der Waals surface area (Å²) in [6, 6.07) is 0. The van der Waals surface area contributed by atoms with Gasteiger partial charge in [0.05, 0.1) is 0 Å². The SMILES string of the molecule is COC1(OC)CCCC(OC)(OC)C1(OC)OC. The molecule has 0 saturated heterocycles. The van der Waals surface area contributed by atoms with E-state index in [9.17, 15) is 0 Å². The molecule has 108 valence electrons. The van der Waals surface area contributed by atoms with Crippen LogP contribution in [0.3, 0.4) is 0 Å². The maximum absolute atomic E-state index is 5.60. The van der Waals surface area contributed by atoms with Gasteiger partial charge in [-0.3, -0.25) is 0 Å². The van der Waals surface area contributed by atoms with Crippen molar-refractivity contribution in [1.29, 1.82) is 0 Å². The molecule has 0 spiro atoms. The molecule has 0 amide bonds. The maximum atomic E-state index is 5.60. The fraction of sp³-hybridized carbons (Fsp3) is 1.00. The molecule has 18 heavy (non-hydrogen) atoms. The maximum Gasteiger partial charge on any atom is 0.279 e. The van der Waals surface area contributed by atoms with Crippen molar-refractivity contribution < 1.29 is 28.4 Å². The van der Waals surface area contributed by atoms with Gasteiger partial charge in [-0.1, -0.05) is 0 Å². The van der Waals surface area contributed by atoms with Crippen LogP contribution in [0.15, 0.2) is 0 Å². The van der Waals surface area contributed by atoms with Crippen LogP contribution in [0, 0.1) is 0 Å². The summed E-state index contributed by atoms with van der Waals surface area (Å²) in [5.41, 5.74) is 0. The molecule has 1 aliphatic rings. The molecule has 6 nitrogen and oxygen atoms in total. The zero-order chi connectivity index (χ0) is 13.9. The van der Waals surface area contributed by atoms with Gasteiger partial charge in [-0.15, -0.1) is 0 Å². The van der Waals surface area contributed by atoms with Crippen molar-refractivity contribution in [2.45, 2.75) is 36.6 Å². The summed E-state index contributed by atoms with van der Waals surface area (Å²) in [5, 5.41) is 0. The Balaban J connectivity index is 3.37. The largest absolute Gasteiger partial charge is 0.349 e. The predicted octanol–water partition coefficient (Wildman–Crippen LogP) is 1.14. The third-order valence-corrected chi connectivity index (χ3v) is 3.91. The minimum absolute atomic E-state index is 0.621. The van der Waals surface area contributed by atoms with Crippen molar-refractivity contribution in [3.05, 3.63) is 0 Å². The van der Waals surface area contributed by atoms with Crippen LogP contribution in [-0.2, 0) is 28.4 Å². The number of hydrogen-bond donors (Lipinski definition) is 0. The smallest absolute Gasteiger partial charge is 0.279 e. The van der Waals surface area contributed by atoms with Crippen molar-refractivity contribution >= 4 is 0 Å². The summed E-state index contributed by atoms with van der Waals surface area (Å²) in [7, 11) is 9.26. The first kappa shape index (κ1) is 15.8. The van der Waals surface area contributed by atoms with Gasteiger partial charge < -0.3 is 28.4 Å². The molecule has 1 saturated carbocycles. The van der Waals surface area contributed by atoms with E-state index in [1.54, 1.807) is 28.4 Å². The molecule has 0 aliphatic heterocycles. The average Bonchev–Trinajstić information content (AvgIpc) is 2.45. The molecule has 0 heterocycles. The zero-order valence-corrected chi connectivity index (χ0v) is 12.1. The third kappa shape index (κ3) is 1.79. The lowest BCUT2D eigenvalue weighted by Crippen LogP contribution is -2.74. The van der Waals surface area contributed by atoms with Gasteiger partial charge >= 0.3 is 0 Å². The van der Waals surface area contributed by atoms with Gasteiger partial charge in [0.1, 0.15) is 0 Å². The second-order valence-corrected chi connectivity index (χ2v) is 4.20. The molecule has 0 unspecified atom stereocenters. The molecule has 0 aromatic rings. The van der Waals surface area contributed by atoms with Gasteiger partial charge in [-0.25, -0.2) is 0 Å². The third-order valence-electron chi connectivity index (χ3n) is 3.91. The Bertz CT molecular complexity index is 233. The average molecular weight is 264 g/mol. The van der Waals surface area contributed by atoms with Crippen LogP contribution in [0.5, 0.6) is 0 Å². The lowest BCUT2D eigenvalue weighted by molar-refractivity contribution is -0.490. The Hall–Kier alpha value is -0.240. The second kappa shape index (κ2) is 5.81. The van der Waals surface area contributed by atoms with Crippen molar-refractivity contribution in [2.75, 3.05) is 42.7 Å². The molecule has 0 aromatic carbocycles. The number of methoxy groups -OCH3 is 6. The normalized spacial score (nSPS) is 25.0. The quantitative estimate of drug-likeness (QED) is 0.671. The lowest BCUT2D eigenvalue weighted by Gasteiger charge is -2.56. The van der Waals surface area contributed by atoms with Crippen LogP contribution in [-0.4, -0.2) is 60.0 Å². The minimum atomic E-state index is -1.30. The molecular formula is C12H24O6. The van der Waals surface area contributed by atoms with E-state index in [1.807, 2.05) is 0 Å². The van der Waals surface area contributed by atoms with Crippen LogP contribution in [0.1, 0.15) is 19.3 Å². The van der Waals surface area contributed by atoms with E-state index in [1.165, 1.54) is 14.2 Å². The van der Waals surface area contributed by atoms with E-state index in [4.69, 9.17) is 28.4 Å². The van der Waals surface area contributed by atoms with E-state index in [-0.39, 0.29) is 0 Å². The summed E-state index contributed by atoms with van der Waals surface area (Å²) in [5.74, 6) is -3.47. The molecule has 0 aromatic heterocycles. The topological polar surface area (TPSA) is 55.4 Å². The predicted molar refractivity (Wildman–Crippen MR) is 64.1 cm³/mol.